The van der Waals surface area contributed by atoms with Gasteiger partial charge in [0.15, 0.2) is 0 Å². The molecule has 3 amide bonds. The second-order valence-electron chi connectivity index (χ2n) is 13.2. The van der Waals surface area contributed by atoms with Gasteiger partial charge in [-0.3, -0.25) is 19.3 Å². The molecular formula is C36H46N4O4. The van der Waals surface area contributed by atoms with Gasteiger partial charge < -0.3 is 20.7 Å². The summed E-state index contributed by atoms with van der Waals surface area (Å²) in [6.45, 7) is 2.87. The Hall–Kier alpha value is -3.49. The molecule has 1 spiro atoms. The van der Waals surface area contributed by atoms with Crippen LogP contribution in [0, 0.1) is 11.3 Å². The lowest BCUT2D eigenvalue weighted by atomic mass is 9.75. The summed E-state index contributed by atoms with van der Waals surface area (Å²) in [5.74, 6) is -0.0290. The molecule has 1 aliphatic carbocycles. The molecule has 3 atom stereocenters. The number of hydrogen-bond donors (Lipinski definition) is 3. The fourth-order valence-electron chi connectivity index (χ4n) is 7.41. The van der Waals surface area contributed by atoms with E-state index in [1.54, 1.807) is 0 Å². The van der Waals surface area contributed by atoms with E-state index in [0.29, 0.717) is 45.4 Å². The van der Waals surface area contributed by atoms with Crippen molar-refractivity contribution in [1.82, 2.24) is 15.5 Å². The number of likely N-dealkylation sites (tertiary alicyclic amines) is 1. The average Bonchev–Trinajstić information content (AvgIpc) is 3.04. The largest absolute Gasteiger partial charge is 0.381 e. The maximum absolute atomic E-state index is 13.8. The van der Waals surface area contributed by atoms with Crippen molar-refractivity contribution in [1.29, 1.82) is 0 Å². The molecule has 44 heavy (non-hydrogen) atoms. The number of benzene rings is 2. The van der Waals surface area contributed by atoms with E-state index >= 15 is 0 Å². The maximum Gasteiger partial charge on any atom is 0.243 e. The lowest BCUT2D eigenvalue weighted by Crippen LogP contribution is -2.58. The standard InChI is InChI=1S/C36H46N4O4/c41-33(37-30-14-13-27-10-4-5-11-28(27)23-30)25-40-19-15-31-29(24-40)12-6-7-16-36(17-20-44-21-18-36)35(43)39-32(34(42)38-31)22-26-8-2-1-3-9-26/h1-3,6-9,13-14,23,29,31-32H,4-5,10-12,15-22,24-25H2,(H,37,41)(H,38,42)(H,39,43)/b7-6+/t29-,31+,32+/m0/s1. The van der Waals surface area contributed by atoms with E-state index in [9.17, 15) is 14.4 Å². The van der Waals surface area contributed by atoms with Crippen LogP contribution >= 0.6 is 0 Å². The first-order valence-corrected chi connectivity index (χ1v) is 16.5. The van der Waals surface area contributed by atoms with E-state index in [0.717, 1.165) is 50.0 Å². The van der Waals surface area contributed by atoms with Gasteiger partial charge in [0.05, 0.1) is 12.0 Å². The fourth-order valence-corrected chi connectivity index (χ4v) is 7.41. The molecule has 0 aromatic heterocycles. The second-order valence-corrected chi connectivity index (χ2v) is 13.2. The van der Waals surface area contributed by atoms with Gasteiger partial charge in [-0.2, -0.15) is 0 Å². The van der Waals surface area contributed by atoms with Crippen LogP contribution in [0.1, 0.15) is 61.6 Å². The quantitative estimate of drug-likeness (QED) is 0.449. The number of hydrogen-bond acceptors (Lipinski definition) is 5. The van der Waals surface area contributed by atoms with Gasteiger partial charge in [-0.25, -0.2) is 0 Å². The minimum absolute atomic E-state index is 0.000891. The van der Waals surface area contributed by atoms with Crippen LogP contribution in [0.4, 0.5) is 5.69 Å². The molecule has 6 rings (SSSR count). The minimum Gasteiger partial charge on any atom is -0.381 e. The lowest BCUT2D eigenvalue weighted by Gasteiger charge is -2.40. The van der Waals surface area contributed by atoms with E-state index in [2.05, 4.69) is 45.1 Å². The monoisotopic (exact) mass is 598 g/mol. The van der Waals surface area contributed by atoms with E-state index in [1.807, 2.05) is 36.4 Å². The van der Waals surface area contributed by atoms with Crippen LogP contribution in [0.3, 0.4) is 0 Å². The van der Waals surface area contributed by atoms with Gasteiger partial charge in [0.25, 0.3) is 0 Å². The van der Waals surface area contributed by atoms with Crippen LogP contribution in [0.2, 0.25) is 0 Å². The van der Waals surface area contributed by atoms with E-state index < -0.39 is 11.5 Å². The highest BCUT2D eigenvalue weighted by molar-refractivity contribution is 5.92. The molecule has 0 saturated carbocycles. The highest BCUT2D eigenvalue weighted by Gasteiger charge is 2.41. The summed E-state index contributed by atoms with van der Waals surface area (Å²) < 4.78 is 5.62. The molecule has 3 aliphatic heterocycles. The molecule has 2 fully saturated rings. The van der Waals surface area contributed by atoms with E-state index in [-0.39, 0.29) is 29.7 Å². The third kappa shape index (κ3) is 7.41. The van der Waals surface area contributed by atoms with E-state index in [4.69, 9.17) is 4.74 Å². The number of allylic oxidation sites excluding steroid dienone is 2. The SMILES string of the molecule is O=C(CN1CC[C@H]2NC(=O)[C@@H](Cc3ccccc3)NC(=O)C3(C/C=C/C[C@H]2C1)CCOCC3)Nc1ccc2c(c1)CCCC2. The normalized spacial score (nSPS) is 26.6. The number of anilines is 1. The third-order valence-electron chi connectivity index (χ3n) is 10.1. The van der Waals surface area contributed by atoms with Crippen molar-refractivity contribution < 1.29 is 19.1 Å². The van der Waals surface area contributed by atoms with Crippen molar-refractivity contribution in [3.63, 3.8) is 0 Å². The molecule has 234 valence electrons. The fraction of sp³-hybridized carbons (Fsp3) is 0.528. The third-order valence-corrected chi connectivity index (χ3v) is 10.1. The maximum atomic E-state index is 13.8. The molecule has 4 aliphatic rings. The number of carbonyl (C=O) groups is 3. The van der Waals surface area contributed by atoms with Crippen LogP contribution in [0.5, 0.6) is 0 Å². The zero-order chi connectivity index (χ0) is 30.4. The summed E-state index contributed by atoms with van der Waals surface area (Å²) in [5, 5.41) is 9.61. The molecule has 0 unspecified atom stereocenters. The predicted molar refractivity (Wildman–Crippen MR) is 171 cm³/mol. The van der Waals surface area contributed by atoms with Gasteiger partial charge in [0.1, 0.15) is 6.04 Å². The van der Waals surface area contributed by atoms with Crippen LogP contribution < -0.4 is 16.0 Å². The Bertz CT molecular complexity index is 1350. The van der Waals surface area contributed by atoms with Gasteiger partial charge in [-0.05, 0) is 92.5 Å². The number of fused-ring (bicyclic) bond motifs is 2. The number of piperidine rings is 1. The number of rotatable bonds is 5. The first kappa shape index (κ1) is 30.5. The van der Waals surface area contributed by atoms with Crippen LogP contribution in [-0.4, -0.2) is 67.6 Å². The summed E-state index contributed by atoms with van der Waals surface area (Å²) in [6, 6.07) is 15.5. The summed E-state index contributed by atoms with van der Waals surface area (Å²) in [6.07, 6.45) is 12.9. The first-order valence-electron chi connectivity index (χ1n) is 16.5. The Labute approximate surface area is 261 Å². The highest BCUT2D eigenvalue weighted by Crippen LogP contribution is 2.36. The topological polar surface area (TPSA) is 99.8 Å². The average molecular weight is 599 g/mol. The van der Waals surface area contributed by atoms with Gasteiger partial charge in [-0.1, -0.05) is 48.6 Å². The highest BCUT2D eigenvalue weighted by atomic mass is 16.5. The minimum atomic E-state index is -0.658. The molecule has 3 N–H and O–H groups in total. The van der Waals surface area contributed by atoms with Crippen molar-refractivity contribution in [2.24, 2.45) is 11.3 Å². The van der Waals surface area contributed by atoms with Crippen molar-refractivity contribution >= 4 is 23.4 Å². The van der Waals surface area contributed by atoms with Crippen LogP contribution in [0.25, 0.3) is 0 Å². The Morgan fingerprint density at radius 3 is 2.59 bits per heavy atom. The number of ether oxygens (including phenoxy) is 1. The van der Waals surface area contributed by atoms with Crippen molar-refractivity contribution in [3.05, 3.63) is 77.4 Å². The van der Waals surface area contributed by atoms with Gasteiger partial charge in [-0.15, -0.1) is 0 Å². The Balaban J connectivity index is 1.15. The van der Waals surface area contributed by atoms with Crippen LogP contribution in [0.15, 0.2) is 60.7 Å². The molecule has 0 bridgehead atoms. The molecule has 2 aromatic carbocycles. The van der Waals surface area contributed by atoms with Gasteiger partial charge in [0, 0.05) is 44.5 Å². The molecule has 3 heterocycles. The van der Waals surface area contributed by atoms with Gasteiger partial charge >= 0.3 is 0 Å². The molecule has 8 nitrogen and oxygen atoms in total. The molecule has 8 heteroatoms. The summed E-state index contributed by atoms with van der Waals surface area (Å²) in [4.78, 5) is 42.9. The zero-order valence-corrected chi connectivity index (χ0v) is 25.7. The number of carbonyl (C=O) groups excluding carboxylic acids is 3. The number of aryl methyl sites for hydroxylation is 2. The summed E-state index contributed by atoms with van der Waals surface area (Å²) in [7, 11) is 0. The molecule has 0 radical (unpaired) electrons. The number of amides is 3. The first-order chi connectivity index (χ1) is 21.5. The molecule has 2 saturated heterocycles. The molecule has 2 aromatic rings. The zero-order valence-electron chi connectivity index (χ0n) is 25.7. The van der Waals surface area contributed by atoms with Crippen molar-refractivity contribution in [3.8, 4) is 0 Å². The summed E-state index contributed by atoms with van der Waals surface area (Å²) >= 11 is 0. The Kier molecular flexibility index (Phi) is 9.77. The predicted octanol–water partition coefficient (Wildman–Crippen LogP) is 4.18. The van der Waals surface area contributed by atoms with E-state index in [1.165, 1.54) is 24.0 Å². The summed E-state index contributed by atoms with van der Waals surface area (Å²) in [5.41, 5.74) is 4.07. The smallest absolute Gasteiger partial charge is 0.243 e. The molecular weight excluding hydrogens is 552 g/mol. The number of nitrogens with one attached hydrogen (secondary N) is 3. The lowest BCUT2D eigenvalue weighted by molar-refractivity contribution is -0.140. The van der Waals surface area contributed by atoms with Crippen molar-refractivity contribution in [2.75, 3.05) is 38.2 Å². The second kappa shape index (κ2) is 14.1. The Morgan fingerprint density at radius 2 is 1.77 bits per heavy atom. The van der Waals surface area contributed by atoms with Crippen molar-refractivity contribution in [2.45, 2.75) is 76.3 Å². The Morgan fingerprint density at radius 1 is 0.977 bits per heavy atom. The number of nitrogens with zero attached hydrogens (tertiary/aromatic N) is 1. The van der Waals surface area contributed by atoms with Gasteiger partial charge in [0.2, 0.25) is 17.7 Å². The van der Waals surface area contributed by atoms with Crippen LogP contribution in [-0.2, 0) is 38.4 Å².